The van der Waals surface area contributed by atoms with E-state index < -0.39 is 17.3 Å². The van der Waals surface area contributed by atoms with Crippen molar-refractivity contribution in [3.63, 3.8) is 0 Å². The molecule has 2 aliphatic rings. The molecule has 0 aromatic carbocycles. The Morgan fingerprint density at radius 1 is 1.11 bits per heavy atom. The quantitative estimate of drug-likeness (QED) is 0.616. The molecule has 1 atom stereocenters. The number of amides is 2. The summed E-state index contributed by atoms with van der Waals surface area (Å²) in [7, 11) is 1.88. The molecule has 0 aliphatic carbocycles. The molecule has 11 heteroatoms. The first kappa shape index (κ1) is 26.6. The van der Waals surface area contributed by atoms with Crippen LogP contribution in [0.4, 0.5) is 15.4 Å². The van der Waals surface area contributed by atoms with Gasteiger partial charge in [0.25, 0.3) is 0 Å². The van der Waals surface area contributed by atoms with Crippen LogP contribution in [-0.2, 0) is 22.9 Å². The van der Waals surface area contributed by atoms with Gasteiger partial charge in [0.1, 0.15) is 29.3 Å². The lowest BCUT2D eigenvalue weighted by molar-refractivity contribution is 0.0187. The predicted octanol–water partition coefficient (Wildman–Crippen LogP) is 4.69. The Morgan fingerprint density at radius 3 is 2.54 bits per heavy atom. The summed E-state index contributed by atoms with van der Waals surface area (Å²) in [6, 6.07) is -0.0509. The molecule has 0 spiro atoms. The van der Waals surface area contributed by atoms with E-state index in [0.29, 0.717) is 31.1 Å². The summed E-state index contributed by atoms with van der Waals surface area (Å²) in [6.45, 7) is 12.1. The lowest BCUT2D eigenvalue weighted by atomic mass is 10.0. The number of fused-ring (bicyclic) bond motifs is 1. The average molecular weight is 515 g/mol. The number of anilines is 1. The Labute approximate surface area is 217 Å². The summed E-state index contributed by atoms with van der Waals surface area (Å²) in [5, 5.41) is 7.12. The van der Waals surface area contributed by atoms with Crippen molar-refractivity contribution >= 4 is 29.8 Å². The predicted molar refractivity (Wildman–Crippen MR) is 139 cm³/mol. The van der Waals surface area contributed by atoms with Crippen molar-refractivity contribution in [1.29, 1.82) is 0 Å². The average Bonchev–Trinajstić information content (AvgIpc) is 3.46. The number of nitrogens with zero attached hydrogens (tertiary/aromatic N) is 5. The number of allylic oxidation sites excluding steroid dienone is 1. The van der Waals surface area contributed by atoms with E-state index in [0.717, 1.165) is 36.4 Å². The second-order valence-electron chi connectivity index (χ2n) is 11.5. The highest BCUT2D eigenvalue weighted by Gasteiger charge is 2.33. The van der Waals surface area contributed by atoms with Gasteiger partial charge in [0.15, 0.2) is 11.6 Å². The molecule has 4 heterocycles. The second-order valence-corrected chi connectivity index (χ2v) is 11.5. The molecule has 0 radical (unpaired) electrons. The van der Waals surface area contributed by atoms with Crippen LogP contribution in [0.5, 0.6) is 5.75 Å². The number of carbonyl (C=O) groups excluding carboxylic acids is 2. The van der Waals surface area contributed by atoms with Gasteiger partial charge in [-0.2, -0.15) is 5.10 Å². The first-order valence-electron chi connectivity index (χ1n) is 12.7. The number of hydrogen-bond acceptors (Lipinski definition) is 7. The van der Waals surface area contributed by atoms with E-state index in [-0.39, 0.29) is 12.1 Å². The topological polar surface area (TPSA) is 113 Å². The second kappa shape index (κ2) is 10.1. The molecule has 4 rings (SSSR count). The molecule has 1 N–H and O–H groups in total. The van der Waals surface area contributed by atoms with Crippen molar-refractivity contribution < 1.29 is 23.8 Å². The van der Waals surface area contributed by atoms with Crippen molar-refractivity contribution in [2.75, 3.05) is 18.5 Å². The number of aromatic nitrogens is 4. The molecule has 2 aliphatic heterocycles. The minimum Gasteiger partial charge on any atom is -0.487 e. The van der Waals surface area contributed by atoms with Gasteiger partial charge in [-0.3, -0.25) is 10.00 Å². The fourth-order valence-corrected chi connectivity index (χ4v) is 4.50. The SMILES string of the molecule is Cn1ncc(OC[C@H]2CCCN2C(=O)OC(C)(C)C)c1C1=Cn2cc(NC(=O)OC(C)(C)C)nc2CC1. The van der Waals surface area contributed by atoms with Crippen molar-refractivity contribution in [3.8, 4) is 5.75 Å². The van der Waals surface area contributed by atoms with Crippen molar-refractivity contribution in [3.05, 3.63) is 23.9 Å². The maximum Gasteiger partial charge on any atom is 0.413 e. The standard InChI is InChI=1S/C26H38N6O5/c1-25(2,3)36-23(33)29-20-15-31-14-17(10-11-21(31)28-20)22-19(13-27-30(22)7)35-16-18-9-8-12-32(18)24(34)37-26(4,5)6/h13-15,18H,8-12,16H2,1-7H3,(H,29,33)/t18-/m1/s1. The number of aryl methyl sites for hydroxylation is 2. The summed E-state index contributed by atoms with van der Waals surface area (Å²) >= 11 is 0. The minimum absolute atomic E-state index is 0.0509. The molecule has 2 aromatic heterocycles. The Kier molecular flexibility index (Phi) is 7.25. The van der Waals surface area contributed by atoms with Crippen LogP contribution in [0.3, 0.4) is 0 Å². The zero-order valence-electron chi connectivity index (χ0n) is 22.8. The number of likely N-dealkylation sites (tertiary alicyclic amines) is 1. The molecule has 0 saturated carbocycles. The van der Waals surface area contributed by atoms with E-state index in [2.05, 4.69) is 15.4 Å². The summed E-state index contributed by atoms with van der Waals surface area (Å²) in [5.74, 6) is 1.95. The molecule has 37 heavy (non-hydrogen) atoms. The van der Waals surface area contributed by atoms with Crippen LogP contribution in [0, 0.1) is 0 Å². The fraction of sp³-hybridized carbons (Fsp3) is 0.615. The molecular weight excluding hydrogens is 476 g/mol. The van der Waals surface area contributed by atoms with Gasteiger partial charge in [-0.05, 0) is 66.4 Å². The van der Waals surface area contributed by atoms with Crippen LogP contribution >= 0.6 is 0 Å². The van der Waals surface area contributed by atoms with Gasteiger partial charge in [-0.25, -0.2) is 14.6 Å². The monoisotopic (exact) mass is 514 g/mol. The lowest BCUT2D eigenvalue weighted by Crippen LogP contribution is -2.42. The fourth-order valence-electron chi connectivity index (χ4n) is 4.50. The summed E-state index contributed by atoms with van der Waals surface area (Å²) in [5.41, 5.74) is 0.792. The molecule has 0 unspecified atom stereocenters. The number of nitrogens with one attached hydrogen (secondary N) is 1. The molecule has 1 fully saturated rings. The number of rotatable bonds is 5. The minimum atomic E-state index is -0.588. The van der Waals surface area contributed by atoms with Gasteiger partial charge in [-0.1, -0.05) is 0 Å². The Hall–Kier alpha value is -3.50. The van der Waals surface area contributed by atoms with E-state index in [4.69, 9.17) is 14.2 Å². The summed E-state index contributed by atoms with van der Waals surface area (Å²) in [4.78, 5) is 31.1. The van der Waals surface area contributed by atoms with Crippen molar-refractivity contribution in [2.45, 2.75) is 84.5 Å². The van der Waals surface area contributed by atoms with Crippen LogP contribution in [0.2, 0.25) is 0 Å². The van der Waals surface area contributed by atoms with Crippen LogP contribution in [0.25, 0.3) is 11.8 Å². The molecule has 11 nitrogen and oxygen atoms in total. The number of imidazole rings is 1. The smallest absolute Gasteiger partial charge is 0.413 e. The third kappa shape index (κ3) is 6.64. The highest BCUT2D eigenvalue weighted by atomic mass is 16.6. The van der Waals surface area contributed by atoms with Crippen molar-refractivity contribution in [1.82, 2.24) is 24.2 Å². The summed E-state index contributed by atoms with van der Waals surface area (Å²) in [6.07, 6.45) is 7.84. The Morgan fingerprint density at radius 2 is 1.84 bits per heavy atom. The largest absolute Gasteiger partial charge is 0.487 e. The van der Waals surface area contributed by atoms with Gasteiger partial charge in [-0.15, -0.1) is 0 Å². The van der Waals surface area contributed by atoms with Crippen molar-refractivity contribution in [2.24, 2.45) is 7.05 Å². The maximum atomic E-state index is 12.6. The first-order valence-corrected chi connectivity index (χ1v) is 12.7. The lowest BCUT2D eigenvalue weighted by Gasteiger charge is -2.28. The molecule has 2 aromatic rings. The normalized spacial score (nSPS) is 17.8. The van der Waals surface area contributed by atoms with Gasteiger partial charge in [0.2, 0.25) is 0 Å². The van der Waals surface area contributed by atoms with Gasteiger partial charge < -0.3 is 23.7 Å². The van der Waals surface area contributed by atoms with E-state index in [1.165, 1.54) is 0 Å². The van der Waals surface area contributed by atoms with E-state index in [9.17, 15) is 9.59 Å². The zero-order valence-corrected chi connectivity index (χ0v) is 22.8. The van der Waals surface area contributed by atoms with E-state index >= 15 is 0 Å². The first-order chi connectivity index (χ1) is 17.3. The number of carbonyl (C=O) groups is 2. The van der Waals surface area contributed by atoms with Crippen LogP contribution in [-0.4, -0.2) is 66.8 Å². The number of ether oxygens (including phenoxy) is 3. The van der Waals surface area contributed by atoms with Gasteiger partial charge in [0, 0.05) is 26.2 Å². The van der Waals surface area contributed by atoms with E-state index in [1.807, 2.05) is 59.4 Å². The highest BCUT2D eigenvalue weighted by molar-refractivity contribution is 5.84. The highest BCUT2D eigenvalue weighted by Crippen LogP contribution is 2.33. The molecule has 1 saturated heterocycles. The molecular formula is C26H38N6O5. The van der Waals surface area contributed by atoms with E-state index in [1.54, 1.807) is 22.0 Å². The summed E-state index contributed by atoms with van der Waals surface area (Å²) < 4.78 is 20.8. The third-order valence-electron chi connectivity index (χ3n) is 6.00. The Bertz CT molecular complexity index is 1180. The number of hydrogen-bond donors (Lipinski definition) is 1. The van der Waals surface area contributed by atoms with Gasteiger partial charge in [0.05, 0.1) is 18.4 Å². The maximum absolute atomic E-state index is 12.6. The molecule has 202 valence electrons. The zero-order chi connectivity index (χ0) is 27.0. The molecule has 2 amide bonds. The van der Waals surface area contributed by atoms with Crippen LogP contribution < -0.4 is 10.1 Å². The Balaban J connectivity index is 1.45. The van der Waals surface area contributed by atoms with Gasteiger partial charge >= 0.3 is 12.2 Å². The molecule has 0 bridgehead atoms. The van der Waals surface area contributed by atoms with Crippen LogP contribution in [0.15, 0.2) is 12.4 Å². The van der Waals surface area contributed by atoms with Crippen LogP contribution in [0.1, 0.15) is 72.3 Å². The third-order valence-corrected chi connectivity index (χ3v) is 6.00.